The van der Waals surface area contributed by atoms with Crippen LogP contribution in [0, 0.1) is 0 Å². The normalized spacial score (nSPS) is 10.8. The molecule has 26 heavy (non-hydrogen) atoms. The summed E-state index contributed by atoms with van der Waals surface area (Å²) in [6, 6.07) is 15.8. The number of amides is 1. The Kier molecular flexibility index (Phi) is 9.72. The smallest absolute Gasteiger partial charge is 0.224 e. The molecule has 2 aromatic rings. The monoisotopic (exact) mass is 466 g/mol. The summed E-state index contributed by atoms with van der Waals surface area (Å²) in [5, 5.41) is 5.97. The van der Waals surface area contributed by atoms with Crippen LogP contribution in [0.4, 0.5) is 11.4 Å². The molecular formula is C20H27IN4O. The minimum absolute atomic E-state index is 0. The summed E-state index contributed by atoms with van der Waals surface area (Å²) in [6.45, 7) is 4.55. The number of carbonyl (C=O) groups is 1. The van der Waals surface area contributed by atoms with Crippen molar-refractivity contribution in [3.8, 4) is 0 Å². The number of guanidine groups is 1. The van der Waals surface area contributed by atoms with E-state index in [2.05, 4.69) is 34.7 Å². The van der Waals surface area contributed by atoms with Gasteiger partial charge >= 0.3 is 0 Å². The molecule has 0 bridgehead atoms. The molecule has 0 unspecified atom stereocenters. The van der Waals surface area contributed by atoms with Gasteiger partial charge in [-0.1, -0.05) is 38.1 Å². The van der Waals surface area contributed by atoms with Gasteiger partial charge in [0.1, 0.15) is 0 Å². The first-order valence-corrected chi connectivity index (χ1v) is 8.65. The lowest BCUT2D eigenvalue weighted by atomic mass is 10.1. The first kappa shape index (κ1) is 22.0. The maximum absolute atomic E-state index is 11.7. The lowest BCUT2D eigenvalue weighted by Gasteiger charge is -2.08. The molecule has 6 heteroatoms. The van der Waals surface area contributed by atoms with Gasteiger partial charge in [-0.05, 0) is 48.2 Å². The van der Waals surface area contributed by atoms with E-state index in [1.165, 1.54) is 5.56 Å². The van der Waals surface area contributed by atoms with Gasteiger partial charge in [0.2, 0.25) is 5.91 Å². The zero-order chi connectivity index (χ0) is 18.1. The van der Waals surface area contributed by atoms with Gasteiger partial charge < -0.3 is 16.4 Å². The molecule has 0 saturated carbocycles. The fourth-order valence-corrected chi connectivity index (χ4v) is 2.39. The van der Waals surface area contributed by atoms with Gasteiger partial charge in [0, 0.05) is 17.8 Å². The summed E-state index contributed by atoms with van der Waals surface area (Å²) in [5.74, 6) is 0.393. The SMILES string of the molecule is CCCC(=O)Nc1cccc(CN=C(N)Nc2ccc(CC)cc2)c1.I. The summed E-state index contributed by atoms with van der Waals surface area (Å²) in [5.41, 5.74) is 9.92. The number of nitrogens with zero attached hydrogens (tertiary/aromatic N) is 1. The second-order valence-corrected chi connectivity index (χ2v) is 5.88. The number of aryl methyl sites for hydroxylation is 1. The third kappa shape index (κ3) is 7.43. The Morgan fingerprint density at radius 1 is 1.00 bits per heavy atom. The lowest BCUT2D eigenvalue weighted by Crippen LogP contribution is -2.22. The molecule has 0 saturated heterocycles. The van der Waals surface area contributed by atoms with Crippen molar-refractivity contribution in [2.45, 2.75) is 39.7 Å². The molecule has 5 nitrogen and oxygen atoms in total. The molecular weight excluding hydrogens is 439 g/mol. The third-order valence-electron chi connectivity index (χ3n) is 3.75. The molecule has 0 aliphatic heterocycles. The number of aliphatic imine (C=N–C) groups is 1. The highest BCUT2D eigenvalue weighted by molar-refractivity contribution is 14.0. The van der Waals surface area contributed by atoms with Crippen molar-refractivity contribution in [1.82, 2.24) is 0 Å². The second-order valence-electron chi connectivity index (χ2n) is 5.88. The molecule has 4 N–H and O–H groups in total. The molecule has 0 atom stereocenters. The van der Waals surface area contributed by atoms with Crippen molar-refractivity contribution in [3.05, 3.63) is 59.7 Å². The Morgan fingerprint density at radius 2 is 1.73 bits per heavy atom. The molecule has 0 aliphatic rings. The maximum atomic E-state index is 11.7. The summed E-state index contributed by atoms with van der Waals surface area (Å²) in [4.78, 5) is 16.0. The maximum Gasteiger partial charge on any atom is 0.224 e. The van der Waals surface area contributed by atoms with Crippen LogP contribution in [-0.4, -0.2) is 11.9 Å². The summed E-state index contributed by atoms with van der Waals surface area (Å²) >= 11 is 0. The molecule has 0 radical (unpaired) electrons. The van der Waals surface area contributed by atoms with E-state index in [9.17, 15) is 4.79 Å². The molecule has 2 aromatic carbocycles. The molecule has 0 spiro atoms. The van der Waals surface area contributed by atoms with Crippen LogP contribution in [-0.2, 0) is 17.8 Å². The van der Waals surface area contributed by atoms with Crippen LogP contribution in [0.2, 0.25) is 0 Å². The average Bonchev–Trinajstić information content (AvgIpc) is 2.61. The molecule has 1 amide bonds. The Labute approximate surface area is 172 Å². The predicted octanol–water partition coefficient (Wildman–Crippen LogP) is 4.53. The largest absolute Gasteiger partial charge is 0.370 e. The van der Waals surface area contributed by atoms with Gasteiger partial charge in [-0.3, -0.25) is 4.79 Å². The average molecular weight is 466 g/mol. The first-order valence-electron chi connectivity index (χ1n) is 8.65. The second kappa shape index (κ2) is 11.5. The molecule has 0 heterocycles. The van der Waals surface area contributed by atoms with E-state index in [0.717, 1.165) is 29.8 Å². The van der Waals surface area contributed by atoms with Crippen LogP contribution in [0.3, 0.4) is 0 Å². The number of benzene rings is 2. The molecule has 0 aliphatic carbocycles. The van der Waals surface area contributed by atoms with Crippen molar-refractivity contribution in [3.63, 3.8) is 0 Å². The van der Waals surface area contributed by atoms with Gasteiger partial charge in [0.25, 0.3) is 0 Å². The highest BCUT2D eigenvalue weighted by Gasteiger charge is 2.02. The predicted molar refractivity (Wildman–Crippen MR) is 120 cm³/mol. The summed E-state index contributed by atoms with van der Waals surface area (Å²) < 4.78 is 0. The van der Waals surface area contributed by atoms with Crippen LogP contribution in [0.5, 0.6) is 0 Å². The van der Waals surface area contributed by atoms with Gasteiger partial charge in [-0.15, -0.1) is 24.0 Å². The first-order chi connectivity index (χ1) is 12.1. The van der Waals surface area contributed by atoms with Crippen LogP contribution in [0.25, 0.3) is 0 Å². The van der Waals surface area contributed by atoms with E-state index in [1.807, 2.05) is 43.3 Å². The topological polar surface area (TPSA) is 79.5 Å². The number of hydrogen-bond donors (Lipinski definition) is 3. The van der Waals surface area contributed by atoms with E-state index in [-0.39, 0.29) is 29.9 Å². The van der Waals surface area contributed by atoms with Crippen molar-refractivity contribution >= 4 is 47.2 Å². The number of nitrogens with two attached hydrogens (primary N) is 1. The lowest BCUT2D eigenvalue weighted by molar-refractivity contribution is -0.116. The van der Waals surface area contributed by atoms with E-state index in [1.54, 1.807) is 0 Å². The highest BCUT2D eigenvalue weighted by atomic mass is 127. The zero-order valence-electron chi connectivity index (χ0n) is 15.3. The van der Waals surface area contributed by atoms with E-state index >= 15 is 0 Å². The number of carbonyl (C=O) groups excluding carboxylic acids is 1. The summed E-state index contributed by atoms with van der Waals surface area (Å²) in [6.07, 6.45) is 2.36. The Hall–Kier alpha value is -2.09. The van der Waals surface area contributed by atoms with Crippen LogP contribution >= 0.6 is 24.0 Å². The van der Waals surface area contributed by atoms with Crippen LogP contribution in [0.15, 0.2) is 53.5 Å². The number of anilines is 2. The fourth-order valence-electron chi connectivity index (χ4n) is 2.39. The minimum atomic E-state index is 0. The fraction of sp³-hybridized carbons (Fsp3) is 0.300. The van der Waals surface area contributed by atoms with Gasteiger partial charge in [-0.25, -0.2) is 4.99 Å². The molecule has 140 valence electrons. The highest BCUT2D eigenvalue weighted by Crippen LogP contribution is 2.13. The van der Waals surface area contributed by atoms with Gasteiger partial charge in [-0.2, -0.15) is 0 Å². The Bertz CT molecular complexity index is 729. The van der Waals surface area contributed by atoms with Gasteiger partial charge in [0.15, 0.2) is 5.96 Å². The Balaban J connectivity index is 0.00000338. The van der Waals surface area contributed by atoms with Crippen molar-refractivity contribution in [2.24, 2.45) is 10.7 Å². The van der Waals surface area contributed by atoms with Crippen LogP contribution < -0.4 is 16.4 Å². The summed E-state index contributed by atoms with van der Waals surface area (Å²) in [7, 11) is 0. The van der Waals surface area contributed by atoms with Gasteiger partial charge in [0.05, 0.1) is 6.54 Å². The number of hydrogen-bond acceptors (Lipinski definition) is 2. The quantitative estimate of drug-likeness (QED) is 0.319. The molecule has 2 rings (SSSR count). The number of nitrogens with one attached hydrogen (secondary N) is 2. The van der Waals surface area contributed by atoms with Crippen molar-refractivity contribution < 1.29 is 4.79 Å². The Morgan fingerprint density at radius 3 is 2.38 bits per heavy atom. The van der Waals surface area contributed by atoms with Crippen molar-refractivity contribution in [1.29, 1.82) is 0 Å². The minimum Gasteiger partial charge on any atom is -0.370 e. The third-order valence-corrected chi connectivity index (χ3v) is 3.75. The number of rotatable bonds is 7. The van der Waals surface area contributed by atoms with E-state index in [0.29, 0.717) is 18.9 Å². The standard InChI is InChI=1S/C20H26N4O.HI/c1-3-6-19(25)23-18-8-5-7-16(13-18)14-22-20(21)24-17-11-9-15(4-2)10-12-17;/h5,7-13H,3-4,6,14H2,1-2H3,(H,23,25)(H3,21,22,24);1H. The van der Waals surface area contributed by atoms with Crippen molar-refractivity contribution in [2.75, 3.05) is 10.6 Å². The molecule has 0 aromatic heterocycles. The van der Waals surface area contributed by atoms with Crippen LogP contribution in [0.1, 0.15) is 37.8 Å². The molecule has 0 fully saturated rings. The zero-order valence-corrected chi connectivity index (χ0v) is 17.6. The van der Waals surface area contributed by atoms with E-state index in [4.69, 9.17) is 5.73 Å². The van der Waals surface area contributed by atoms with E-state index < -0.39 is 0 Å². The number of halogens is 1.